The second kappa shape index (κ2) is 15.8. The van der Waals surface area contributed by atoms with Crippen molar-refractivity contribution in [1.82, 2.24) is 0 Å². The van der Waals surface area contributed by atoms with Crippen molar-refractivity contribution in [2.45, 2.75) is 41.5 Å². The third-order valence-electron chi connectivity index (χ3n) is 2.93. The van der Waals surface area contributed by atoms with Crippen molar-refractivity contribution >= 4 is 17.5 Å². The molecular formula is C22H31NO3. The van der Waals surface area contributed by atoms with Gasteiger partial charge >= 0.3 is 5.97 Å². The number of nitrogens with one attached hydrogen (secondary N) is 1. The van der Waals surface area contributed by atoms with Gasteiger partial charge in [0.25, 0.3) is 0 Å². The molecule has 0 fully saturated rings. The molecule has 26 heavy (non-hydrogen) atoms. The fraction of sp³-hybridized carbons (Fsp3) is 0.318. The van der Waals surface area contributed by atoms with Gasteiger partial charge in [0.1, 0.15) is 0 Å². The second-order valence-corrected chi connectivity index (χ2v) is 4.63. The van der Waals surface area contributed by atoms with E-state index in [1.54, 1.807) is 30.3 Å². The molecule has 2 aromatic rings. The maximum absolute atomic E-state index is 11.1. The van der Waals surface area contributed by atoms with E-state index in [1.165, 1.54) is 14.0 Å². The van der Waals surface area contributed by atoms with Crippen LogP contribution in [0, 0.1) is 12.3 Å². The highest BCUT2D eigenvalue weighted by atomic mass is 16.5. The number of aryl methyl sites for hydroxylation is 1. The third-order valence-corrected chi connectivity index (χ3v) is 2.93. The Morgan fingerprint density at radius 1 is 0.846 bits per heavy atom. The summed E-state index contributed by atoms with van der Waals surface area (Å²) in [5.41, 5.74) is 2.24. The Bertz CT molecular complexity index is 664. The molecule has 0 amide bonds. The predicted octanol–water partition coefficient (Wildman–Crippen LogP) is 5.74. The smallest absolute Gasteiger partial charge is 0.338 e. The molecule has 0 saturated carbocycles. The second-order valence-electron chi connectivity index (χ2n) is 4.63. The van der Waals surface area contributed by atoms with E-state index in [9.17, 15) is 9.59 Å². The van der Waals surface area contributed by atoms with Crippen molar-refractivity contribution < 1.29 is 14.3 Å². The van der Waals surface area contributed by atoms with Crippen molar-refractivity contribution in [2.75, 3.05) is 7.11 Å². The number of methoxy groups -OCH3 is 1. The van der Waals surface area contributed by atoms with E-state index in [4.69, 9.17) is 5.41 Å². The number of carbonyl (C=O) groups is 2. The zero-order chi connectivity index (χ0) is 20.5. The fourth-order valence-corrected chi connectivity index (χ4v) is 1.72. The topological polar surface area (TPSA) is 67.2 Å². The first kappa shape index (κ1) is 25.5. The number of ether oxygens (including phenoxy) is 1. The zero-order valence-electron chi connectivity index (χ0n) is 16.9. The van der Waals surface area contributed by atoms with Gasteiger partial charge in [-0.3, -0.25) is 4.79 Å². The molecule has 2 aromatic carbocycles. The van der Waals surface area contributed by atoms with Crippen molar-refractivity contribution in [2.24, 2.45) is 0 Å². The minimum Gasteiger partial charge on any atom is -0.465 e. The van der Waals surface area contributed by atoms with E-state index < -0.39 is 0 Å². The molecule has 0 aromatic heterocycles. The Labute approximate surface area is 157 Å². The average Bonchev–Trinajstić information content (AvgIpc) is 2.71. The van der Waals surface area contributed by atoms with Crippen LogP contribution < -0.4 is 0 Å². The summed E-state index contributed by atoms with van der Waals surface area (Å²) >= 11 is 0. The van der Waals surface area contributed by atoms with E-state index in [0.29, 0.717) is 11.1 Å². The molecule has 2 rings (SSSR count). The van der Waals surface area contributed by atoms with Crippen molar-refractivity contribution in [3.63, 3.8) is 0 Å². The molecule has 142 valence electrons. The summed E-state index contributed by atoms with van der Waals surface area (Å²) in [7, 11) is 1.38. The molecule has 4 heteroatoms. The van der Waals surface area contributed by atoms with Crippen LogP contribution in [0.15, 0.2) is 54.6 Å². The fourth-order valence-electron chi connectivity index (χ4n) is 1.72. The summed E-state index contributed by atoms with van der Waals surface area (Å²) in [4.78, 5) is 22.1. The predicted molar refractivity (Wildman–Crippen MR) is 109 cm³/mol. The van der Waals surface area contributed by atoms with E-state index in [1.807, 2.05) is 58.9 Å². The Morgan fingerprint density at radius 3 is 1.73 bits per heavy atom. The van der Waals surface area contributed by atoms with Gasteiger partial charge in [-0.05, 0) is 25.5 Å². The standard InChI is InChI=1S/C9H9NO.C9H10O2.2C2H6/c1-7(10)9(11)8-5-3-2-4-6-8;1-7-5-3-4-6-8(7)9(10)11-2;2*1-2/h2-6,10H,1H3;3-6H,1-2H3;2*1-2H3. The van der Waals surface area contributed by atoms with Gasteiger partial charge in [0.05, 0.1) is 18.4 Å². The van der Waals surface area contributed by atoms with Crippen LogP contribution >= 0.6 is 0 Å². The molecular weight excluding hydrogens is 326 g/mol. The molecule has 0 spiro atoms. The number of ketones is 1. The molecule has 0 saturated heterocycles. The first-order valence-corrected chi connectivity index (χ1v) is 8.76. The van der Waals surface area contributed by atoms with E-state index in [0.717, 1.165) is 5.56 Å². The highest BCUT2D eigenvalue weighted by Gasteiger charge is 2.06. The molecule has 4 nitrogen and oxygen atoms in total. The van der Waals surface area contributed by atoms with E-state index >= 15 is 0 Å². The Morgan fingerprint density at radius 2 is 1.31 bits per heavy atom. The number of rotatable bonds is 3. The quantitative estimate of drug-likeness (QED) is 0.432. The van der Waals surface area contributed by atoms with Crippen molar-refractivity contribution in [1.29, 1.82) is 5.41 Å². The highest BCUT2D eigenvalue weighted by Crippen LogP contribution is 2.07. The van der Waals surface area contributed by atoms with Gasteiger partial charge in [-0.2, -0.15) is 0 Å². The number of benzene rings is 2. The van der Waals surface area contributed by atoms with Crippen LogP contribution in [0.1, 0.15) is 60.9 Å². The van der Waals surface area contributed by atoms with Crippen molar-refractivity contribution in [3.05, 3.63) is 71.3 Å². The summed E-state index contributed by atoms with van der Waals surface area (Å²) in [5.74, 6) is -0.478. The molecule has 0 aliphatic heterocycles. The molecule has 1 N–H and O–H groups in total. The lowest BCUT2D eigenvalue weighted by atomic mass is 10.1. The molecule has 0 heterocycles. The molecule has 0 atom stereocenters. The summed E-state index contributed by atoms with van der Waals surface area (Å²) in [6.07, 6.45) is 0. The van der Waals surface area contributed by atoms with E-state index in [-0.39, 0.29) is 17.5 Å². The maximum Gasteiger partial charge on any atom is 0.338 e. The summed E-state index contributed by atoms with van der Waals surface area (Å²) < 4.78 is 4.58. The van der Waals surface area contributed by atoms with Crippen LogP contribution in [-0.2, 0) is 4.74 Å². The first-order chi connectivity index (χ1) is 12.5. The van der Waals surface area contributed by atoms with Crippen LogP contribution in [0.3, 0.4) is 0 Å². The number of hydrogen-bond acceptors (Lipinski definition) is 4. The summed E-state index contributed by atoms with van der Waals surface area (Å²) in [6, 6.07) is 16.2. The lowest BCUT2D eigenvalue weighted by molar-refractivity contribution is 0.0600. The minimum absolute atomic E-state index is 0.0798. The van der Waals surface area contributed by atoms with Crippen LogP contribution in [0.4, 0.5) is 0 Å². The average molecular weight is 357 g/mol. The largest absolute Gasteiger partial charge is 0.465 e. The lowest BCUT2D eigenvalue weighted by Crippen LogP contribution is -2.08. The first-order valence-electron chi connectivity index (χ1n) is 8.76. The summed E-state index contributed by atoms with van der Waals surface area (Å²) in [5, 5.41) is 7.09. The van der Waals surface area contributed by atoms with Crippen LogP contribution in [0.2, 0.25) is 0 Å². The van der Waals surface area contributed by atoms with Crippen LogP contribution in [-0.4, -0.2) is 24.6 Å². The molecule has 0 aliphatic rings. The number of hydrogen-bond donors (Lipinski definition) is 1. The van der Waals surface area contributed by atoms with Gasteiger partial charge in [-0.1, -0.05) is 76.2 Å². The normalized spacial score (nSPS) is 8.27. The van der Waals surface area contributed by atoms with Gasteiger partial charge in [-0.15, -0.1) is 0 Å². The van der Waals surface area contributed by atoms with Gasteiger partial charge in [0.15, 0.2) is 0 Å². The Kier molecular flexibility index (Phi) is 15.4. The number of Topliss-reactive ketones (excluding diaryl/α,β-unsaturated/α-hetero) is 1. The number of esters is 1. The third kappa shape index (κ3) is 9.52. The highest BCUT2D eigenvalue weighted by molar-refractivity contribution is 6.44. The molecule has 0 radical (unpaired) electrons. The van der Waals surface area contributed by atoms with Crippen LogP contribution in [0.25, 0.3) is 0 Å². The van der Waals surface area contributed by atoms with Gasteiger partial charge in [-0.25, -0.2) is 4.79 Å². The van der Waals surface area contributed by atoms with Crippen molar-refractivity contribution in [3.8, 4) is 0 Å². The van der Waals surface area contributed by atoms with Gasteiger partial charge in [0.2, 0.25) is 5.78 Å². The Balaban J connectivity index is 0. The Hall–Kier alpha value is -2.75. The summed E-state index contributed by atoms with van der Waals surface area (Å²) in [6.45, 7) is 11.4. The zero-order valence-corrected chi connectivity index (χ0v) is 16.9. The SMILES string of the molecule is CC.CC.CC(=N)C(=O)c1ccccc1.COC(=O)c1ccccc1C. The number of carbonyl (C=O) groups excluding carboxylic acids is 2. The molecule has 0 unspecified atom stereocenters. The molecule has 0 aliphatic carbocycles. The molecule has 0 bridgehead atoms. The van der Waals surface area contributed by atoms with E-state index in [2.05, 4.69) is 4.74 Å². The maximum atomic E-state index is 11.1. The monoisotopic (exact) mass is 357 g/mol. The van der Waals surface area contributed by atoms with Gasteiger partial charge in [0, 0.05) is 5.56 Å². The lowest BCUT2D eigenvalue weighted by Gasteiger charge is -2.00. The van der Waals surface area contributed by atoms with Gasteiger partial charge < -0.3 is 10.1 Å². The van der Waals surface area contributed by atoms with Crippen LogP contribution in [0.5, 0.6) is 0 Å². The minimum atomic E-state index is -0.275.